The molecule has 0 heterocycles. The molecule has 0 unspecified atom stereocenters. The van der Waals surface area contributed by atoms with Crippen molar-refractivity contribution < 1.29 is 23.0 Å². The van der Waals surface area contributed by atoms with Gasteiger partial charge in [-0.1, -0.05) is 35.9 Å². The Bertz CT molecular complexity index is 631. The lowest BCUT2D eigenvalue weighted by atomic mass is 9.96. The lowest BCUT2D eigenvalue weighted by Gasteiger charge is -2.20. The van der Waals surface area contributed by atoms with Crippen LogP contribution in [0.25, 0.3) is 0 Å². The van der Waals surface area contributed by atoms with Crippen molar-refractivity contribution in [2.24, 2.45) is 5.73 Å². The molecule has 0 aliphatic rings. The highest BCUT2D eigenvalue weighted by Crippen LogP contribution is 2.30. The molecule has 3 N–H and O–H groups in total. The minimum atomic E-state index is -4.75. The number of alkyl halides is 3. The van der Waals surface area contributed by atoms with Crippen LogP contribution in [0.1, 0.15) is 23.3 Å². The van der Waals surface area contributed by atoms with Crippen LogP contribution in [0.15, 0.2) is 48.5 Å². The second kappa shape index (κ2) is 6.56. The van der Waals surface area contributed by atoms with Crippen LogP contribution < -0.4 is 10.5 Å². The van der Waals surface area contributed by atoms with Gasteiger partial charge in [0, 0.05) is 5.02 Å². The summed E-state index contributed by atoms with van der Waals surface area (Å²) in [6.07, 6.45) is -5.78. The SMILES string of the molecule is N[C@H](c1ccc(OC(F)(F)F)cc1)[C@H](O)c1cccc(Cl)c1. The first-order chi connectivity index (χ1) is 10.3. The van der Waals surface area contributed by atoms with Crippen molar-refractivity contribution in [2.45, 2.75) is 18.5 Å². The van der Waals surface area contributed by atoms with Gasteiger partial charge in [-0.3, -0.25) is 0 Å². The Morgan fingerprint density at radius 1 is 1.05 bits per heavy atom. The molecule has 2 rings (SSSR count). The molecule has 0 saturated carbocycles. The summed E-state index contributed by atoms with van der Waals surface area (Å²) in [5, 5.41) is 10.7. The Kier molecular flexibility index (Phi) is 4.95. The largest absolute Gasteiger partial charge is 0.573 e. The van der Waals surface area contributed by atoms with Crippen molar-refractivity contribution in [3.05, 3.63) is 64.7 Å². The first kappa shape index (κ1) is 16.6. The third-order valence-electron chi connectivity index (χ3n) is 3.03. The van der Waals surface area contributed by atoms with Crippen LogP contribution in [-0.4, -0.2) is 11.5 Å². The van der Waals surface area contributed by atoms with Gasteiger partial charge in [-0.05, 0) is 35.4 Å². The molecule has 118 valence electrons. The molecule has 2 aromatic rings. The highest BCUT2D eigenvalue weighted by atomic mass is 35.5. The van der Waals surface area contributed by atoms with E-state index in [4.69, 9.17) is 17.3 Å². The van der Waals surface area contributed by atoms with E-state index in [1.807, 2.05) is 0 Å². The fourth-order valence-electron chi connectivity index (χ4n) is 1.97. The predicted octanol–water partition coefficient (Wildman–Crippen LogP) is 3.97. The molecule has 0 saturated heterocycles. The second-order valence-corrected chi connectivity index (χ2v) is 5.08. The van der Waals surface area contributed by atoms with Crippen LogP contribution in [-0.2, 0) is 0 Å². The second-order valence-electron chi connectivity index (χ2n) is 4.64. The maximum atomic E-state index is 12.1. The fourth-order valence-corrected chi connectivity index (χ4v) is 2.17. The van der Waals surface area contributed by atoms with Gasteiger partial charge in [0.2, 0.25) is 0 Å². The summed E-state index contributed by atoms with van der Waals surface area (Å²) >= 11 is 5.85. The van der Waals surface area contributed by atoms with Gasteiger partial charge in [-0.2, -0.15) is 0 Å². The highest BCUT2D eigenvalue weighted by molar-refractivity contribution is 6.30. The smallest absolute Gasteiger partial charge is 0.406 e. The first-order valence-electron chi connectivity index (χ1n) is 6.31. The predicted molar refractivity (Wildman–Crippen MR) is 76.5 cm³/mol. The van der Waals surface area contributed by atoms with Gasteiger partial charge in [0.05, 0.1) is 12.1 Å². The third-order valence-corrected chi connectivity index (χ3v) is 3.26. The molecule has 0 bridgehead atoms. The van der Waals surface area contributed by atoms with Crippen LogP contribution in [0.2, 0.25) is 5.02 Å². The molecule has 2 aromatic carbocycles. The van der Waals surface area contributed by atoms with Crippen molar-refractivity contribution >= 4 is 11.6 Å². The molecule has 0 spiro atoms. The molecule has 7 heteroatoms. The van der Waals surface area contributed by atoms with Crippen molar-refractivity contribution in [2.75, 3.05) is 0 Å². The summed E-state index contributed by atoms with van der Waals surface area (Å²) in [6, 6.07) is 10.8. The number of rotatable bonds is 4. The van der Waals surface area contributed by atoms with Gasteiger partial charge in [-0.25, -0.2) is 0 Å². The molecular formula is C15H13ClF3NO2. The molecule has 0 radical (unpaired) electrons. The van der Waals surface area contributed by atoms with E-state index in [1.165, 1.54) is 12.1 Å². The van der Waals surface area contributed by atoms with Gasteiger partial charge in [0.25, 0.3) is 0 Å². The van der Waals surface area contributed by atoms with Crippen LogP contribution >= 0.6 is 11.6 Å². The summed E-state index contributed by atoms with van der Waals surface area (Å²) in [4.78, 5) is 0. The van der Waals surface area contributed by atoms with Gasteiger partial charge in [-0.15, -0.1) is 13.2 Å². The maximum absolute atomic E-state index is 12.1. The Hall–Kier alpha value is -1.76. The van der Waals surface area contributed by atoms with E-state index in [2.05, 4.69) is 4.74 Å². The van der Waals surface area contributed by atoms with E-state index in [-0.39, 0.29) is 5.75 Å². The molecule has 2 atom stereocenters. The van der Waals surface area contributed by atoms with E-state index in [0.717, 1.165) is 12.1 Å². The Balaban J connectivity index is 2.14. The quantitative estimate of drug-likeness (QED) is 0.891. The standard InChI is InChI=1S/C15H13ClF3NO2/c16-11-3-1-2-10(8-11)14(21)13(20)9-4-6-12(7-5-9)22-15(17,18)19/h1-8,13-14,21H,20H2/t13-,14-/m1/s1. The average Bonchev–Trinajstić information content (AvgIpc) is 2.45. The maximum Gasteiger partial charge on any atom is 0.573 e. The molecule has 0 aliphatic carbocycles. The van der Waals surface area contributed by atoms with Crippen molar-refractivity contribution in [1.82, 2.24) is 0 Å². The Morgan fingerprint density at radius 3 is 2.23 bits per heavy atom. The van der Waals surface area contributed by atoms with Gasteiger partial charge in [0.1, 0.15) is 5.75 Å². The van der Waals surface area contributed by atoms with E-state index >= 15 is 0 Å². The van der Waals surface area contributed by atoms with E-state index in [0.29, 0.717) is 16.1 Å². The molecule has 0 aliphatic heterocycles. The van der Waals surface area contributed by atoms with Crippen LogP contribution in [0.3, 0.4) is 0 Å². The van der Waals surface area contributed by atoms with E-state index in [9.17, 15) is 18.3 Å². The average molecular weight is 332 g/mol. The number of aliphatic hydroxyl groups is 1. The topological polar surface area (TPSA) is 55.5 Å². The van der Waals surface area contributed by atoms with Crippen LogP contribution in [0.4, 0.5) is 13.2 Å². The fraction of sp³-hybridized carbons (Fsp3) is 0.200. The lowest BCUT2D eigenvalue weighted by Crippen LogP contribution is -2.20. The first-order valence-corrected chi connectivity index (χ1v) is 6.69. The number of nitrogens with two attached hydrogens (primary N) is 1. The Labute approximate surface area is 130 Å². The third kappa shape index (κ3) is 4.37. The molecule has 0 aromatic heterocycles. The zero-order valence-electron chi connectivity index (χ0n) is 11.2. The number of aliphatic hydroxyl groups excluding tert-OH is 1. The number of hydrogen-bond acceptors (Lipinski definition) is 3. The summed E-state index contributed by atoms with van der Waals surface area (Å²) in [7, 11) is 0. The summed E-state index contributed by atoms with van der Waals surface area (Å²) < 4.78 is 40.0. The van der Waals surface area contributed by atoms with E-state index < -0.39 is 18.5 Å². The molecular weight excluding hydrogens is 319 g/mol. The van der Waals surface area contributed by atoms with Crippen molar-refractivity contribution in [3.63, 3.8) is 0 Å². The highest BCUT2D eigenvalue weighted by Gasteiger charge is 2.31. The van der Waals surface area contributed by atoms with Gasteiger partial charge in [0.15, 0.2) is 0 Å². The molecule has 0 fully saturated rings. The Morgan fingerprint density at radius 2 is 1.68 bits per heavy atom. The summed E-state index contributed by atoms with van der Waals surface area (Å²) in [5.74, 6) is -0.347. The minimum Gasteiger partial charge on any atom is -0.406 e. The van der Waals surface area contributed by atoms with Crippen LogP contribution in [0.5, 0.6) is 5.75 Å². The minimum absolute atomic E-state index is 0.347. The molecule has 3 nitrogen and oxygen atoms in total. The molecule has 0 amide bonds. The van der Waals surface area contributed by atoms with Gasteiger partial charge < -0.3 is 15.6 Å². The number of benzene rings is 2. The zero-order chi connectivity index (χ0) is 16.3. The van der Waals surface area contributed by atoms with E-state index in [1.54, 1.807) is 24.3 Å². The van der Waals surface area contributed by atoms with Crippen LogP contribution in [0, 0.1) is 0 Å². The number of ether oxygens (including phenoxy) is 1. The van der Waals surface area contributed by atoms with Crippen molar-refractivity contribution in [3.8, 4) is 5.75 Å². The normalized spacial score (nSPS) is 14.5. The monoisotopic (exact) mass is 331 g/mol. The van der Waals surface area contributed by atoms with Gasteiger partial charge >= 0.3 is 6.36 Å². The summed E-state index contributed by atoms with van der Waals surface area (Å²) in [6.45, 7) is 0. The lowest BCUT2D eigenvalue weighted by molar-refractivity contribution is -0.274. The van der Waals surface area contributed by atoms with Crippen molar-refractivity contribution in [1.29, 1.82) is 0 Å². The zero-order valence-corrected chi connectivity index (χ0v) is 12.0. The molecule has 22 heavy (non-hydrogen) atoms. The number of halogens is 4. The number of hydrogen-bond donors (Lipinski definition) is 2. The summed E-state index contributed by atoms with van der Waals surface area (Å²) in [5.41, 5.74) is 6.94.